The van der Waals surface area contributed by atoms with Gasteiger partial charge in [-0.2, -0.15) is 4.52 Å². The first-order valence-corrected chi connectivity index (χ1v) is 7.09. The van der Waals surface area contributed by atoms with Gasteiger partial charge in [-0.1, -0.05) is 20.8 Å². The zero-order valence-electron chi connectivity index (χ0n) is 12.4. The van der Waals surface area contributed by atoms with Crippen molar-refractivity contribution in [1.82, 2.24) is 19.8 Å². The second-order valence-electron chi connectivity index (χ2n) is 6.77. The maximum atomic E-state index is 12.8. The van der Waals surface area contributed by atoms with Gasteiger partial charge in [-0.25, -0.2) is 8.78 Å². The molecule has 1 aliphatic rings. The number of nitrogens with zero attached hydrogens (tertiary/aromatic N) is 4. The predicted molar refractivity (Wildman–Crippen MR) is 75.6 cm³/mol. The molecule has 0 saturated heterocycles. The molecule has 0 spiro atoms. The van der Waals surface area contributed by atoms with Crippen LogP contribution in [0.5, 0.6) is 0 Å². The van der Waals surface area contributed by atoms with Crippen LogP contribution in [0.2, 0.25) is 0 Å². The van der Waals surface area contributed by atoms with Crippen molar-refractivity contribution < 1.29 is 8.78 Å². The lowest BCUT2D eigenvalue weighted by Gasteiger charge is -2.34. The summed E-state index contributed by atoms with van der Waals surface area (Å²) >= 11 is 0. The van der Waals surface area contributed by atoms with Gasteiger partial charge < -0.3 is 5.32 Å². The minimum Gasteiger partial charge on any atom is -0.368 e. The number of hydrogen-bond acceptors (Lipinski definition) is 4. The summed E-state index contributed by atoms with van der Waals surface area (Å²) in [4.78, 5) is 0. The summed E-state index contributed by atoms with van der Waals surface area (Å²) in [6, 6.07) is 3.63. The highest BCUT2D eigenvalue weighted by Crippen LogP contribution is 2.42. The van der Waals surface area contributed by atoms with Gasteiger partial charge in [0, 0.05) is 24.8 Å². The summed E-state index contributed by atoms with van der Waals surface area (Å²) in [5.41, 5.74) is 0.516. The van der Waals surface area contributed by atoms with Crippen LogP contribution in [0.3, 0.4) is 0 Å². The van der Waals surface area contributed by atoms with E-state index < -0.39 is 5.92 Å². The number of rotatable bonds is 3. The van der Waals surface area contributed by atoms with E-state index in [4.69, 9.17) is 0 Å². The molecule has 2 aromatic rings. The van der Waals surface area contributed by atoms with E-state index in [-0.39, 0.29) is 24.2 Å². The normalized spacial score (nSPS) is 18.7. The van der Waals surface area contributed by atoms with E-state index in [9.17, 15) is 8.78 Å². The van der Waals surface area contributed by atoms with Crippen LogP contribution in [0.25, 0.3) is 5.65 Å². The fraction of sp³-hybridized carbons (Fsp3) is 0.643. The number of nitrogens with one attached hydrogen (secondary N) is 1. The van der Waals surface area contributed by atoms with E-state index in [1.807, 2.05) is 26.8 Å². The molecular weight excluding hydrogens is 276 g/mol. The van der Waals surface area contributed by atoms with Crippen molar-refractivity contribution in [3.63, 3.8) is 0 Å². The minimum absolute atomic E-state index is 0.0143. The molecule has 0 radical (unpaired) electrons. The van der Waals surface area contributed by atoms with Gasteiger partial charge in [0.15, 0.2) is 11.5 Å². The highest BCUT2D eigenvalue weighted by Gasteiger charge is 2.44. The Morgan fingerprint density at radius 1 is 1.29 bits per heavy atom. The van der Waals surface area contributed by atoms with E-state index in [1.165, 1.54) is 0 Å². The molecule has 3 rings (SSSR count). The highest BCUT2D eigenvalue weighted by molar-refractivity contribution is 5.44. The molecule has 21 heavy (non-hydrogen) atoms. The molecule has 2 aromatic heterocycles. The Bertz CT molecular complexity index is 651. The molecule has 1 aliphatic carbocycles. The van der Waals surface area contributed by atoms with Crippen molar-refractivity contribution in [3.8, 4) is 0 Å². The average molecular weight is 295 g/mol. The molecule has 0 aliphatic heterocycles. The van der Waals surface area contributed by atoms with E-state index in [0.29, 0.717) is 18.0 Å². The van der Waals surface area contributed by atoms with Crippen LogP contribution in [0.15, 0.2) is 12.1 Å². The third-order valence-corrected chi connectivity index (χ3v) is 3.68. The molecule has 2 heterocycles. The Morgan fingerprint density at radius 2 is 2.00 bits per heavy atom. The summed E-state index contributed by atoms with van der Waals surface area (Å²) in [6.45, 7) is 6.64. The third-order valence-electron chi connectivity index (χ3n) is 3.68. The number of alkyl halides is 2. The average Bonchev–Trinajstić information content (AvgIpc) is 2.76. The number of aromatic nitrogens is 4. The van der Waals surface area contributed by atoms with Gasteiger partial charge in [0.25, 0.3) is 0 Å². The van der Waals surface area contributed by atoms with Crippen molar-refractivity contribution in [1.29, 1.82) is 0 Å². The monoisotopic (exact) mass is 295 g/mol. The van der Waals surface area contributed by atoms with Crippen molar-refractivity contribution in [3.05, 3.63) is 18.0 Å². The molecule has 1 saturated carbocycles. The first-order valence-electron chi connectivity index (χ1n) is 7.09. The first kappa shape index (κ1) is 14.2. The molecule has 0 amide bonds. The van der Waals surface area contributed by atoms with Crippen LogP contribution < -0.4 is 5.32 Å². The van der Waals surface area contributed by atoms with Crippen LogP contribution in [0, 0.1) is 5.92 Å². The summed E-state index contributed by atoms with van der Waals surface area (Å²) < 4.78 is 27.3. The molecule has 5 nitrogen and oxygen atoms in total. The Morgan fingerprint density at radius 3 is 2.62 bits per heavy atom. The van der Waals surface area contributed by atoms with Crippen molar-refractivity contribution in [2.75, 3.05) is 11.9 Å². The maximum absolute atomic E-state index is 12.8. The minimum atomic E-state index is -2.47. The lowest BCUT2D eigenvalue weighted by Crippen LogP contribution is -2.39. The molecule has 114 valence electrons. The van der Waals surface area contributed by atoms with Gasteiger partial charge in [0.05, 0.1) is 0 Å². The van der Waals surface area contributed by atoms with Crippen LogP contribution in [0.1, 0.15) is 39.4 Å². The molecule has 1 fully saturated rings. The highest BCUT2D eigenvalue weighted by atomic mass is 19.3. The number of fused-ring (bicyclic) bond motifs is 1. The second kappa shape index (κ2) is 4.61. The number of halogens is 2. The smallest absolute Gasteiger partial charge is 0.248 e. The zero-order valence-corrected chi connectivity index (χ0v) is 12.4. The summed E-state index contributed by atoms with van der Waals surface area (Å²) in [5, 5.41) is 15.8. The molecule has 0 aromatic carbocycles. The molecule has 0 unspecified atom stereocenters. The van der Waals surface area contributed by atoms with Gasteiger partial charge in [0.1, 0.15) is 5.82 Å². The van der Waals surface area contributed by atoms with E-state index in [1.54, 1.807) is 10.6 Å². The zero-order chi connectivity index (χ0) is 15.3. The maximum Gasteiger partial charge on any atom is 0.248 e. The van der Waals surface area contributed by atoms with Crippen molar-refractivity contribution in [2.45, 2.75) is 45.0 Å². The summed E-state index contributed by atoms with van der Waals surface area (Å²) in [5.74, 6) is -1.03. The van der Waals surface area contributed by atoms with E-state index in [2.05, 4.69) is 20.6 Å². The van der Waals surface area contributed by atoms with Gasteiger partial charge in [-0.3, -0.25) is 0 Å². The van der Waals surface area contributed by atoms with Crippen LogP contribution >= 0.6 is 0 Å². The molecular formula is C14H19F2N5. The number of hydrogen-bond donors (Lipinski definition) is 1. The second-order valence-corrected chi connectivity index (χ2v) is 6.77. The van der Waals surface area contributed by atoms with Crippen molar-refractivity contribution >= 4 is 11.5 Å². The molecule has 0 bridgehead atoms. The Kier molecular flexibility index (Phi) is 3.11. The SMILES string of the molecule is CC(C)(C)c1nnc2ccc(NCC3CC(F)(F)C3)nn12. The summed E-state index contributed by atoms with van der Waals surface area (Å²) in [6.07, 6.45) is -0.0791. The van der Waals surface area contributed by atoms with Gasteiger partial charge >= 0.3 is 0 Å². The number of anilines is 1. The van der Waals surface area contributed by atoms with Crippen molar-refractivity contribution in [2.24, 2.45) is 5.92 Å². The largest absolute Gasteiger partial charge is 0.368 e. The molecule has 0 atom stereocenters. The Balaban J connectivity index is 1.75. The van der Waals surface area contributed by atoms with Crippen LogP contribution in [-0.2, 0) is 5.41 Å². The lowest BCUT2D eigenvalue weighted by atomic mass is 9.81. The summed E-state index contributed by atoms with van der Waals surface area (Å²) in [7, 11) is 0. The fourth-order valence-electron chi connectivity index (χ4n) is 2.53. The first-order chi connectivity index (χ1) is 9.74. The third kappa shape index (κ3) is 2.82. The Hall–Kier alpha value is -1.79. The Labute approximate surface area is 121 Å². The molecule has 1 N–H and O–H groups in total. The quantitative estimate of drug-likeness (QED) is 0.946. The fourth-order valence-corrected chi connectivity index (χ4v) is 2.53. The van der Waals surface area contributed by atoms with Crippen LogP contribution in [0.4, 0.5) is 14.6 Å². The van der Waals surface area contributed by atoms with E-state index in [0.717, 1.165) is 5.82 Å². The lowest BCUT2D eigenvalue weighted by molar-refractivity contribution is -0.106. The van der Waals surface area contributed by atoms with Gasteiger partial charge in [-0.15, -0.1) is 15.3 Å². The van der Waals surface area contributed by atoms with Gasteiger partial charge in [-0.05, 0) is 18.1 Å². The van der Waals surface area contributed by atoms with Crippen LogP contribution in [-0.4, -0.2) is 32.3 Å². The predicted octanol–water partition coefficient (Wildman–Crippen LogP) is 2.88. The van der Waals surface area contributed by atoms with Gasteiger partial charge in [0.2, 0.25) is 5.92 Å². The van der Waals surface area contributed by atoms with E-state index >= 15 is 0 Å². The standard InChI is InChI=1S/C14H19F2N5/c1-13(2,3)12-19-18-11-5-4-10(20-21(11)12)17-8-9-6-14(15,16)7-9/h4-5,9H,6-8H2,1-3H3,(H,17,20). The topological polar surface area (TPSA) is 55.1 Å². The molecule has 7 heteroatoms.